The maximum atomic E-state index is 12.4. The van der Waals surface area contributed by atoms with Gasteiger partial charge in [-0.05, 0) is 50.1 Å². The third-order valence-corrected chi connectivity index (χ3v) is 4.03. The van der Waals surface area contributed by atoms with Crippen LogP contribution in [0.1, 0.15) is 31.0 Å². The van der Waals surface area contributed by atoms with Crippen molar-refractivity contribution in [3.63, 3.8) is 0 Å². The largest absolute Gasteiger partial charge is 0.493 e. The lowest BCUT2D eigenvalue weighted by atomic mass is 10.1. The van der Waals surface area contributed by atoms with E-state index in [0.717, 1.165) is 11.1 Å². The van der Waals surface area contributed by atoms with Gasteiger partial charge in [-0.2, -0.15) is 0 Å². The van der Waals surface area contributed by atoms with Crippen LogP contribution in [0.25, 0.3) is 0 Å². The molecule has 5 nitrogen and oxygen atoms in total. The Labute approximate surface area is 148 Å². The first-order valence-corrected chi connectivity index (χ1v) is 8.20. The Hall–Kier alpha value is -2.69. The zero-order chi connectivity index (χ0) is 18.4. The lowest BCUT2D eigenvalue weighted by Crippen LogP contribution is -2.37. The number of hydrogen-bond acceptors (Lipinski definition) is 4. The van der Waals surface area contributed by atoms with E-state index in [1.807, 2.05) is 56.3 Å². The highest BCUT2D eigenvalue weighted by molar-refractivity contribution is 5.81. The number of aryl methyl sites for hydroxylation is 1. The Bertz CT molecular complexity index is 729. The highest BCUT2D eigenvalue weighted by Crippen LogP contribution is 2.30. The second-order valence-electron chi connectivity index (χ2n) is 5.87. The molecular weight excluding hydrogens is 318 g/mol. The average molecular weight is 343 g/mol. The van der Waals surface area contributed by atoms with Crippen LogP contribution in [-0.2, 0) is 4.79 Å². The van der Waals surface area contributed by atoms with Crippen molar-refractivity contribution in [2.45, 2.75) is 32.9 Å². The Morgan fingerprint density at radius 3 is 2.28 bits per heavy atom. The quantitative estimate of drug-likeness (QED) is 0.834. The van der Waals surface area contributed by atoms with Gasteiger partial charge in [0, 0.05) is 0 Å². The molecule has 0 spiro atoms. The molecule has 0 bridgehead atoms. The maximum absolute atomic E-state index is 12.4. The molecule has 0 heterocycles. The summed E-state index contributed by atoms with van der Waals surface area (Å²) >= 11 is 0. The van der Waals surface area contributed by atoms with E-state index in [9.17, 15) is 4.79 Å². The van der Waals surface area contributed by atoms with Gasteiger partial charge in [-0.3, -0.25) is 4.79 Å². The Balaban J connectivity index is 2.03. The Morgan fingerprint density at radius 1 is 0.960 bits per heavy atom. The van der Waals surface area contributed by atoms with Gasteiger partial charge in [-0.1, -0.05) is 24.3 Å². The number of hydrogen-bond donors (Lipinski definition) is 1. The monoisotopic (exact) mass is 343 g/mol. The van der Waals surface area contributed by atoms with Crippen LogP contribution in [0, 0.1) is 6.92 Å². The molecule has 0 fully saturated rings. The van der Waals surface area contributed by atoms with Crippen molar-refractivity contribution in [2.24, 2.45) is 0 Å². The molecule has 2 unspecified atom stereocenters. The molecule has 0 aliphatic rings. The van der Waals surface area contributed by atoms with Crippen molar-refractivity contribution >= 4 is 5.91 Å². The normalized spacial score (nSPS) is 12.8. The van der Waals surface area contributed by atoms with Crippen molar-refractivity contribution in [2.75, 3.05) is 14.2 Å². The van der Waals surface area contributed by atoms with Gasteiger partial charge in [0.2, 0.25) is 0 Å². The summed E-state index contributed by atoms with van der Waals surface area (Å²) in [6.45, 7) is 5.61. The van der Waals surface area contributed by atoms with E-state index in [-0.39, 0.29) is 11.9 Å². The molecule has 1 N–H and O–H groups in total. The predicted molar refractivity (Wildman–Crippen MR) is 97.4 cm³/mol. The summed E-state index contributed by atoms with van der Waals surface area (Å²) in [6, 6.07) is 13.0. The number of benzene rings is 2. The highest BCUT2D eigenvalue weighted by Gasteiger charge is 2.19. The van der Waals surface area contributed by atoms with Crippen molar-refractivity contribution < 1.29 is 19.0 Å². The second kappa shape index (κ2) is 8.42. The fourth-order valence-electron chi connectivity index (χ4n) is 2.47. The van der Waals surface area contributed by atoms with E-state index in [1.165, 1.54) is 0 Å². The Kier molecular flexibility index (Phi) is 6.28. The molecule has 0 saturated heterocycles. The van der Waals surface area contributed by atoms with Crippen LogP contribution in [0.5, 0.6) is 17.2 Å². The summed E-state index contributed by atoms with van der Waals surface area (Å²) in [5.41, 5.74) is 1.92. The first kappa shape index (κ1) is 18.6. The summed E-state index contributed by atoms with van der Waals surface area (Å²) in [7, 11) is 3.18. The zero-order valence-corrected chi connectivity index (χ0v) is 15.3. The maximum Gasteiger partial charge on any atom is 0.261 e. The fraction of sp³-hybridized carbons (Fsp3) is 0.350. The van der Waals surface area contributed by atoms with E-state index in [0.29, 0.717) is 17.2 Å². The number of para-hydroxylation sites is 1. The summed E-state index contributed by atoms with van der Waals surface area (Å²) in [4.78, 5) is 12.4. The number of ether oxygens (including phenoxy) is 3. The minimum absolute atomic E-state index is 0.175. The number of amides is 1. The molecule has 0 saturated carbocycles. The zero-order valence-electron chi connectivity index (χ0n) is 15.3. The van der Waals surface area contributed by atoms with Gasteiger partial charge in [0.25, 0.3) is 5.91 Å². The lowest BCUT2D eigenvalue weighted by molar-refractivity contribution is -0.127. The van der Waals surface area contributed by atoms with Crippen LogP contribution >= 0.6 is 0 Å². The number of nitrogens with one attached hydrogen (secondary N) is 1. The number of carbonyl (C=O) groups is 1. The van der Waals surface area contributed by atoms with Crippen LogP contribution in [0.4, 0.5) is 0 Å². The predicted octanol–water partition coefficient (Wildman–Crippen LogP) is 3.66. The summed E-state index contributed by atoms with van der Waals surface area (Å²) < 4.78 is 16.3. The van der Waals surface area contributed by atoms with Crippen LogP contribution in [0.15, 0.2) is 42.5 Å². The molecule has 0 radical (unpaired) electrons. The van der Waals surface area contributed by atoms with Gasteiger partial charge in [0.1, 0.15) is 5.75 Å². The standard InChI is InChI=1S/C20H25NO4/c1-13-8-6-7-9-17(13)25-15(3)20(22)21-14(2)16-10-11-18(23-4)19(12-16)24-5/h6-12,14-15H,1-5H3,(H,21,22). The number of methoxy groups -OCH3 is 2. The van der Waals surface area contributed by atoms with Gasteiger partial charge >= 0.3 is 0 Å². The fourth-order valence-corrected chi connectivity index (χ4v) is 2.47. The van der Waals surface area contributed by atoms with E-state index < -0.39 is 6.10 Å². The smallest absolute Gasteiger partial charge is 0.261 e. The topological polar surface area (TPSA) is 56.8 Å². The lowest BCUT2D eigenvalue weighted by Gasteiger charge is -2.20. The number of carbonyl (C=O) groups excluding carboxylic acids is 1. The summed E-state index contributed by atoms with van der Waals surface area (Å²) in [5, 5.41) is 2.96. The first-order valence-electron chi connectivity index (χ1n) is 8.20. The molecule has 1 amide bonds. The summed E-state index contributed by atoms with van der Waals surface area (Å²) in [6.07, 6.45) is -0.594. The van der Waals surface area contributed by atoms with Gasteiger partial charge < -0.3 is 19.5 Å². The third kappa shape index (κ3) is 4.66. The van der Waals surface area contributed by atoms with E-state index in [1.54, 1.807) is 21.1 Å². The minimum Gasteiger partial charge on any atom is -0.493 e. The Morgan fingerprint density at radius 2 is 1.64 bits per heavy atom. The van der Waals surface area contributed by atoms with Crippen molar-refractivity contribution in [1.82, 2.24) is 5.32 Å². The van der Waals surface area contributed by atoms with Gasteiger partial charge in [-0.25, -0.2) is 0 Å². The summed E-state index contributed by atoms with van der Waals surface area (Å²) in [5.74, 6) is 1.82. The molecule has 2 aromatic carbocycles. The molecule has 0 aliphatic carbocycles. The molecule has 2 aromatic rings. The molecule has 134 valence electrons. The van der Waals surface area contributed by atoms with Gasteiger partial charge in [0.15, 0.2) is 17.6 Å². The van der Waals surface area contributed by atoms with Crippen LogP contribution < -0.4 is 19.5 Å². The molecule has 0 aromatic heterocycles. The first-order chi connectivity index (χ1) is 12.0. The SMILES string of the molecule is COc1ccc(C(C)NC(=O)C(C)Oc2ccccc2C)cc1OC. The van der Waals surface area contributed by atoms with Crippen LogP contribution in [-0.4, -0.2) is 26.2 Å². The molecule has 2 rings (SSSR count). The van der Waals surface area contributed by atoms with Gasteiger partial charge in [0.05, 0.1) is 20.3 Å². The molecule has 0 aliphatic heterocycles. The molecule has 25 heavy (non-hydrogen) atoms. The third-order valence-electron chi connectivity index (χ3n) is 4.03. The minimum atomic E-state index is -0.594. The van der Waals surface area contributed by atoms with Gasteiger partial charge in [-0.15, -0.1) is 0 Å². The second-order valence-corrected chi connectivity index (χ2v) is 5.87. The van der Waals surface area contributed by atoms with Crippen LogP contribution in [0.3, 0.4) is 0 Å². The average Bonchev–Trinajstić information content (AvgIpc) is 2.62. The van der Waals surface area contributed by atoms with Crippen molar-refractivity contribution in [3.8, 4) is 17.2 Å². The molecular formula is C20H25NO4. The van der Waals surface area contributed by atoms with E-state index in [4.69, 9.17) is 14.2 Å². The van der Waals surface area contributed by atoms with Crippen molar-refractivity contribution in [1.29, 1.82) is 0 Å². The van der Waals surface area contributed by atoms with Crippen molar-refractivity contribution in [3.05, 3.63) is 53.6 Å². The van der Waals surface area contributed by atoms with Crippen LogP contribution in [0.2, 0.25) is 0 Å². The van der Waals surface area contributed by atoms with E-state index in [2.05, 4.69) is 5.32 Å². The highest BCUT2D eigenvalue weighted by atomic mass is 16.5. The number of rotatable bonds is 7. The van der Waals surface area contributed by atoms with E-state index >= 15 is 0 Å². The molecule has 5 heteroatoms. The molecule has 2 atom stereocenters.